The van der Waals surface area contributed by atoms with Crippen LogP contribution in [0.3, 0.4) is 0 Å². The zero-order valence-electron chi connectivity index (χ0n) is 17.2. The molecule has 32 heavy (non-hydrogen) atoms. The molecule has 0 aliphatic heterocycles. The maximum Gasteiger partial charge on any atom is 0.264 e. The second-order valence-electron chi connectivity index (χ2n) is 7.01. The van der Waals surface area contributed by atoms with Crippen molar-refractivity contribution < 1.29 is 13.2 Å². The molecule has 0 bridgehead atoms. The molecule has 4 rings (SSSR count). The molecule has 1 heterocycles. The van der Waals surface area contributed by atoms with Crippen LogP contribution in [0, 0.1) is 0 Å². The van der Waals surface area contributed by atoms with Gasteiger partial charge in [0.1, 0.15) is 0 Å². The fourth-order valence-electron chi connectivity index (χ4n) is 3.11. The highest BCUT2D eigenvalue weighted by Gasteiger charge is 2.18. The Morgan fingerprint density at radius 1 is 0.750 bits per heavy atom. The number of nitrogens with zero attached hydrogens (tertiary/aromatic N) is 2. The minimum atomic E-state index is -3.94. The third-order valence-electron chi connectivity index (χ3n) is 4.58. The van der Waals surface area contributed by atoms with Gasteiger partial charge < -0.3 is 5.32 Å². The maximum absolute atomic E-state index is 13.0. The smallest absolute Gasteiger partial charge is 0.264 e. The van der Waals surface area contributed by atoms with Crippen molar-refractivity contribution in [2.75, 3.05) is 10.0 Å². The van der Waals surface area contributed by atoms with Gasteiger partial charge in [0.2, 0.25) is 11.9 Å². The van der Waals surface area contributed by atoms with Crippen molar-refractivity contribution in [1.29, 1.82) is 0 Å². The topological polar surface area (TPSA) is 101 Å². The maximum atomic E-state index is 13.0. The van der Waals surface area contributed by atoms with Crippen molar-refractivity contribution in [3.63, 3.8) is 0 Å². The molecule has 0 saturated carbocycles. The Morgan fingerprint density at radius 3 is 1.72 bits per heavy atom. The van der Waals surface area contributed by atoms with Crippen molar-refractivity contribution in [3.8, 4) is 22.5 Å². The monoisotopic (exact) mass is 444 g/mol. The number of benzene rings is 3. The molecule has 0 unspecified atom stereocenters. The molecule has 160 valence electrons. The van der Waals surface area contributed by atoms with Crippen molar-refractivity contribution in [3.05, 3.63) is 91.0 Å². The summed E-state index contributed by atoms with van der Waals surface area (Å²) in [7, 11) is -3.94. The molecule has 1 aromatic heterocycles. The van der Waals surface area contributed by atoms with E-state index in [1.54, 1.807) is 0 Å². The normalized spacial score (nSPS) is 11.0. The summed E-state index contributed by atoms with van der Waals surface area (Å²) in [6.45, 7) is 1.38. The van der Waals surface area contributed by atoms with Gasteiger partial charge in [0, 0.05) is 23.7 Å². The van der Waals surface area contributed by atoms with E-state index in [9.17, 15) is 13.2 Å². The molecule has 0 fully saturated rings. The van der Waals surface area contributed by atoms with Crippen LogP contribution in [0.2, 0.25) is 0 Å². The van der Waals surface area contributed by atoms with Crippen molar-refractivity contribution in [1.82, 2.24) is 9.97 Å². The number of anilines is 2. The highest BCUT2D eigenvalue weighted by Crippen LogP contribution is 2.26. The summed E-state index contributed by atoms with van der Waals surface area (Å²) < 4.78 is 28.4. The number of nitrogens with one attached hydrogen (secondary N) is 2. The highest BCUT2D eigenvalue weighted by atomic mass is 32.2. The first kappa shape index (κ1) is 21.2. The summed E-state index contributed by atoms with van der Waals surface area (Å²) in [6.07, 6.45) is 0. The fourth-order valence-corrected chi connectivity index (χ4v) is 4.05. The third kappa shape index (κ3) is 4.98. The Labute approximate surface area is 186 Å². The predicted octanol–water partition coefficient (Wildman–Crippen LogP) is 4.57. The lowest BCUT2D eigenvalue weighted by Crippen LogP contribution is -2.16. The number of aromatic nitrogens is 2. The molecule has 0 atom stereocenters. The van der Waals surface area contributed by atoms with Gasteiger partial charge in [0.25, 0.3) is 10.0 Å². The van der Waals surface area contributed by atoms with Crippen molar-refractivity contribution in [2.24, 2.45) is 0 Å². The Bertz CT molecular complexity index is 1280. The number of rotatable bonds is 6. The van der Waals surface area contributed by atoms with Gasteiger partial charge in [-0.05, 0) is 30.3 Å². The van der Waals surface area contributed by atoms with E-state index < -0.39 is 10.0 Å². The van der Waals surface area contributed by atoms with Gasteiger partial charge in [-0.1, -0.05) is 60.7 Å². The molecule has 3 aromatic carbocycles. The molecule has 0 spiro atoms. The molecule has 2 N–H and O–H groups in total. The van der Waals surface area contributed by atoms with Gasteiger partial charge in [-0.25, -0.2) is 23.1 Å². The second-order valence-corrected chi connectivity index (χ2v) is 8.69. The fraction of sp³-hybridized carbons (Fsp3) is 0.0417. The quantitative estimate of drug-likeness (QED) is 0.454. The van der Waals surface area contributed by atoms with Gasteiger partial charge in [0.15, 0.2) is 0 Å². The highest BCUT2D eigenvalue weighted by molar-refractivity contribution is 7.92. The van der Waals surface area contributed by atoms with E-state index in [1.807, 2.05) is 66.7 Å². The Morgan fingerprint density at radius 2 is 1.25 bits per heavy atom. The lowest BCUT2D eigenvalue weighted by molar-refractivity contribution is -0.114. The largest absolute Gasteiger partial charge is 0.326 e. The summed E-state index contributed by atoms with van der Waals surface area (Å²) in [5.74, 6) is -0.269. The molecule has 4 aromatic rings. The first-order chi connectivity index (χ1) is 15.4. The van der Waals surface area contributed by atoms with E-state index in [1.165, 1.54) is 31.2 Å². The number of carbonyl (C=O) groups is 1. The van der Waals surface area contributed by atoms with E-state index in [4.69, 9.17) is 0 Å². The molecule has 7 nitrogen and oxygen atoms in total. The second kappa shape index (κ2) is 8.99. The van der Waals surface area contributed by atoms with Gasteiger partial charge in [-0.3, -0.25) is 4.79 Å². The standard InChI is InChI=1S/C24H20N4O3S/c1-17(29)25-20-12-14-21(15-13-20)32(30,31)28-24-26-22(18-8-4-2-5-9-18)16-23(27-24)19-10-6-3-7-11-19/h2-16H,1H3,(H,25,29)(H,26,27,28). The zero-order valence-corrected chi connectivity index (χ0v) is 18.0. The molecular weight excluding hydrogens is 424 g/mol. The van der Waals surface area contributed by atoms with Crippen LogP contribution in [0.25, 0.3) is 22.5 Å². The molecule has 1 amide bonds. The van der Waals surface area contributed by atoms with Crippen LogP contribution in [-0.2, 0) is 14.8 Å². The average molecular weight is 445 g/mol. The predicted molar refractivity (Wildman–Crippen MR) is 124 cm³/mol. The average Bonchev–Trinajstić information content (AvgIpc) is 2.80. The summed E-state index contributed by atoms with van der Waals surface area (Å²) in [5.41, 5.74) is 3.38. The summed E-state index contributed by atoms with van der Waals surface area (Å²) in [5, 5.41) is 2.61. The van der Waals surface area contributed by atoms with Crippen LogP contribution in [0.4, 0.5) is 11.6 Å². The number of sulfonamides is 1. The Hall–Kier alpha value is -4.04. The number of hydrogen-bond donors (Lipinski definition) is 2. The molecular formula is C24H20N4O3S. The summed E-state index contributed by atoms with van der Waals surface area (Å²) in [6, 6.07) is 26.6. The van der Waals surface area contributed by atoms with Crippen LogP contribution in [0.1, 0.15) is 6.92 Å². The van der Waals surface area contributed by atoms with E-state index in [-0.39, 0.29) is 16.8 Å². The molecule has 0 aliphatic rings. The molecule has 0 radical (unpaired) electrons. The molecule has 0 saturated heterocycles. The van der Waals surface area contributed by atoms with Crippen LogP contribution >= 0.6 is 0 Å². The van der Waals surface area contributed by atoms with Gasteiger partial charge >= 0.3 is 0 Å². The van der Waals surface area contributed by atoms with Crippen LogP contribution < -0.4 is 10.0 Å². The van der Waals surface area contributed by atoms with E-state index in [2.05, 4.69) is 20.0 Å². The first-order valence-corrected chi connectivity index (χ1v) is 11.3. The Balaban J connectivity index is 1.71. The SMILES string of the molecule is CC(=O)Nc1ccc(S(=O)(=O)Nc2nc(-c3ccccc3)cc(-c3ccccc3)n2)cc1. The van der Waals surface area contributed by atoms with Crippen LogP contribution in [0.15, 0.2) is 95.9 Å². The third-order valence-corrected chi connectivity index (χ3v) is 5.92. The first-order valence-electron chi connectivity index (χ1n) is 9.81. The van der Waals surface area contributed by atoms with Crippen LogP contribution in [-0.4, -0.2) is 24.3 Å². The van der Waals surface area contributed by atoms with E-state index in [0.29, 0.717) is 17.1 Å². The van der Waals surface area contributed by atoms with Crippen LogP contribution in [0.5, 0.6) is 0 Å². The summed E-state index contributed by atoms with van der Waals surface area (Å²) >= 11 is 0. The minimum Gasteiger partial charge on any atom is -0.326 e. The summed E-state index contributed by atoms with van der Waals surface area (Å²) in [4.78, 5) is 20.1. The molecule has 8 heteroatoms. The van der Waals surface area contributed by atoms with Crippen molar-refractivity contribution in [2.45, 2.75) is 11.8 Å². The lowest BCUT2D eigenvalue weighted by Gasteiger charge is -2.11. The lowest BCUT2D eigenvalue weighted by atomic mass is 10.1. The number of carbonyl (C=O) groups excluding carboxylic acids is 1. The van der Waals surface area contributed by atoms with E-state index >= 15 is 0 Å². The van der Waals surface area contributed by atoms with Crippen molar-refractivity contribution >= 4 is 27.6 Å². The minimum absolute atomic E-state index is 0.0292. The van der Waals surface area contributed by atoms with E-state index in [0.717, 1.165) is 11.1 Å². The number of hydrogen-bond acceptors (Lipinski definition) is 5. The Kier molecular flexibility index (Phi) is 5.96. The number of amides is 1. The molecule has 0 aliphatic carbocycles. The zero-order chi connectivity index (χ0) is 22.6. The van der Waals surface area contributed by atoms with Gasteiger partial charge in [0.05, 0.1) is 16.3 Å². The van der Waals surface area contributed by atoms with Gasteiger partial charge in [-0.2, -0.15) is 0 Å². The van der Waals surface area contributed by atoms with Gasteiger partial charge in [-0.15, -0.1) is 0 Å².